The molecular weight excluding hydrogens is 381 g/mol. The number of nitrogens with zero attached hydrogens (tertiary/aromatic N) is 2. The van der Waals surface area contributed by atoms with Gasteiger partial charge < -0.3 is 10.5 Å². The lowest BCUT2D eigenvalue weighted by Gasteiger charge is -2.16. The summed E-state index contributed by atoms with van der Waals surface area (Å²) in [5, 5.41) is 0. The zero-order chi connectivity index (χ0) is 21.7. The van der Waals surface area contributed by atoms with Crippen LogP contribution in [0.25, 0.3) is 6.08 Å². The number of ether oxygens (including phenoxy) is 1. The minimum atomic E-state index is -0.896. The summed E-state index contributed by atoms with van der Waals surface area (Å²) in [5.74, 6) is -2.48. The summed E-state index contributed by atoms with van der Waals surface area (Å²) in [7, 11) is 1.24. The fourth-order valence-electron chi connectivity index (χ4n) is 2.61. The number of nitrogens with two attached hydrogens (primary N) is 1. The van der Waals surface area contributed by atoms with E-state index in [1.165, 1.54) is 31.3 Å². The predicted octanol–water partition coefficient (Wildman–Crippen LogP) is 1.36. The fraction of sp³-hybridized carbons (Fsp3) is 0.300. The van der Waals surface area contributed by atoms with Crippen molar-refractivity contribution in [1.29, 1.82) is 0 Å². The van der Waals surface area contributed by atoms with E-state index in [1.807, 2.05) is 13.8 Å². The number of hydrogen-bond acceptors (Lipinski definition) is 6. The first-order valence-corrected chi connectivity index (χ1v) is 8.85. The van der Waals surface area contributed by atoms with Gasteiger partial charge >= 0.3 is 11.7 Å². The number of carbonyl (C=O) groups excluding carboxylic acids is 2. The Kier molecular flexibility index (Phi) is 6.87. The van der Waals surface area contributed by atoms with Gasteiger partial charge in [-0.2, -0.15) is 0 Å². The standard InChI is InChI=1S/C20H22FN3O5/c1-12(2)10-24-18(22)17(19(27)23(3)20(24)28)15(25)11-29-16(26)9-8-13-6-4-5-7-14(13)21/h4-9,12H,10-11,22H2,1-3H3/b9-8+. The maximum Gasteiger partial charge on any atom is 0.332 e. The molecule has 8 nitrogen and oxygen atoms in total. The summed E-state index contributed by atoms with van der Waals surface area (Å²) in [6.45, 7) is 3.16. The van der Waals surface area contributed by atoms with E-state index in [1.54, 1.807) is 6.07 Å². The molecule has 29 heavy (non-hydrogen) atoms. The largest absolute Gasteiger partial charge is 0.454 e. The summed E-state index contributed by atoms with van der Waals surface area (Å²) in [5.41, 5.74) is 4.15. The number of halogens is 1. The van der Waals surface area contributed by atoms with Crippen molar-refractivity contribution in [3.05, 3.63) is 68.1 Å². The van der Waals surface area contributed by atoms with E-state index in [0.717, 1.165) is 15.2 Å². The van der Waals surface area contributed by atoms with Gasteiger partial charge in [-0.15, -0.1) is 0 Å². The van der Waals surface area contributed by atoms with Crippen molar-refractivity contribution in [1.82, 2.24) is 9.13 Å². The summed E-state index contributed by atoms with van der Waals surface area (Å²) in [4.78, 5) is 48.8. The van der Waals surface area contributed by atoms with Crippen molar-refractivity contribution < 1.29 is 18.7 Å². The highest BCUT2D eigenvalue weighted by Gasteiger charge is 2.22. The zero-order valence-corrected chi connectivity index (χ0v) is 16.3. The molecule has 0 atom stereocenters. The maximum atomic E-state index is 13.5. The molecule has 154 valence electrons. The minimum Gasteiger partial charge on any atom is -0.454 e. The number of hydrogen-bond donors (Lipinski definition) is 1. The minimum absolute atomic E-state index is 0.0387. The van der Waals surface area contributed by atoms with Gasteiger partial charge in [-0.25, -0.2) is 14.0 Å². The first-order chi connectivity index (χ1) is 13.6. The molecule has 0 radical (unpaired) electrons. The Bertz CT molecular complexity index is 1080. The number of rotatable bonds is 7. The lowest BCUT2D eigenvalue weighted by Crippen LogP contribution is -2.43. The molecule has 2 aromatic rings. The van der Waals surface area contributed by atoms with E-state index in [2.05, 4.69) is 0 Å². The van der Waals surface area contributed by atoms with Gasteiger partial charge in [0, 0.05) is 25.2 Å². The lowest BCUT2D eigenvalue weighted by atomic mass is 10.1. The molecule has 2 N–H and O–H groups in total. The monoisotopic (exact) mass is 403 g/mol. The Morgan fingerprint density at radius 2 is 1.90 bits per heavy atom. The molecule has 0 aliphatic carbocycles. The van der Waals surface area contributed by atoms with Crippen LogP contribution in [-0.2, 0) is 23.1 Å². The molecule has 9 heteroatoms. The number of carbonyl (C=O) groups is 2. The Hall–Kier alpha value is -3.49. The van der Waals surface area contributed by atoms with Crippen LogP contribution in [-0.4, -0.2) is 27.5 Å². The quantitative estimate of drug-likeness (QED) is 0.424. The predicted molar refractivity (Wildman–Crippen MR) is 106 cm³/mol. The van der Waals surface area contributed by atoms with Gasteiger partial charge in [0.2, 0.25) is 5.78 Å². The number of esters is 1. The summed E-state index contributed by atoms with van der Waals surface area (Å²) in [6.07, 6.45) is 2.17. The van der Waals surface area contributed by atoms with E-state index in [0.29, 0.717) is 0 Å². The van der Waals surface area contributed by atoms with E-state index in [9.17, 15) is 23.6 Å². The number of ketones is 1. The van der Waals surface area contributed by atoms with Gasteiger partial charge in [-0.1, -0.05) is 32.0 Å². The van der Waals surface area contributed by atoms with Gasteiger partial charge in [0.1, 0.15) is 17.2 Å². The fourth-order valence-corrected chi connectivity index (χ4v) is 2.61. The van der Waals surface area contributed by atoms with Gasteiger partial charge in [0.25, 0.3) is 5.56 Å². The van der Waals surface area contributed by atoms with Crippen LogP contribution in [0.1, 0.15) is 29.8 Å². The second-order valence-electron chi connectivity index (χ2n) is 6.80. The third-order valence-electron chi connectivity index (χ3n) is 4.06. The van der Waals surface area contributed by atoms with Crippen LogP contribution in [0, 0.1) is 11.7 Å². The van der Waals surface area contributed by atoms with Crippen LogP contribution >= 0.6 is 0 Å². The molecular formula is C20H22FN3O5. The van der Waals surface area contributed by atoms with Crippen molar-refractivity contribution in [2.45, 2.75) is 20.4 Å². The molecule has 0 spiro atoms. The third-order valence-corrected chi connectivity index (χ3v) is 4.06. The Balaban J connectivity index is 2.20. The van der Waals surface area contributed by atoms with E-state index in [-0.39, 0.29) is 23.8 Å². The lowest BCUT2D eigenvalue weighted by molar-refractivity contribution is -0.136. The van der Waals surface area contributed by atoms with Crippen molar-refractivity contribution in [2.24, 2.45) is 13.0 Å². The summed E-state index contributed by atoms with van der Waals surface area (Å²) < 4.78 is 20.3. The number of benzene rings is 1. The van der Waals surface area contributed by atoms with Crippen molar-refractivity contribution in [3.63, 3.8) is 0 Å². The smallest absolute Gasteiger partial charge is 0.332 e. The first-order valence-electron chi connectivity index (χ1n) is 8.85. The Morgan fingerprint density at radius 1 is 1.24 bits per heavy atom. The summed E-state index contributed by atoms with van der Waals surface area (Å²) in [6, 6.07) is 5.81. The first kappa shape index (κ1) is 21.8. The molecule has 0 fully saturated rings. The summed E-state index contributed by atoms with van der Waals surface area (Å²) >= 11 is 0. The van der Waals surface area contributed by atoms with Crippen LogP contribution in [0.5, 0.6) is 0 Å². The van der Waals surface area contributed by atoms with Crippen LogP contribution in [0.3, 0.4) is 0 Å². The van der Waals surface area contributed by atoms with Crippen molar-refractivity contribution in [3.8, 4) is 0 Å². The number of aromatic nitrogens is 2. The third kappa shape index (κ3) is 5.07. The molecule has 1 heterocycles. The van der Waals surface area contributed by atoms with Crippen LogP contribution in [0.4, 0.5) is 10.2 Å². The van der Waals surface area contributed by atoms with Gasteiger partial charge in [0.05, 0.1) is 0 Å². The van der Waals surface area contributed by atoms with Crippen molar-refractivity contribution in [2.75, 3.05) is 12.3 Å². The normalized spacial score (nSPS) is 11.2. The average Bonchev–Trinajstić information content (AvgIpc) is 2.67. The molecule has 0 aliphatic heterocycles. The van der Waals surface area contributed by atoms with Crippen LogP contribution < -0.4 is 17.0 Å². The van der Waals surface area contributed by atoms with Gasteiger partial charge in [-0.3, -0.25) is 18.7 Å². The van der Waals surface area contributed by atoms with Crippen LogP contribution in [0.2, 0.25) is 0 Å². The average molecular weight is 403 g/mol. The topological polar surface area (TPSA) is 113 Å². The van der Waals surface area contributed by atoms with E-state index >= 15 is 0 Å². The molecule has 0 unspecified atom stereocenters. The highest BCUT2D eigenvalue weighted by atomic mass is 19.1. The second kappa shape index (κ2) is 9.13. The molecule has 1 aromatic carbocycles. The molecule has 1 aromatic heterocycles. The molecule has 0 saturated heterocycles. The molecule has 0 amide bonds. The van der Waals surface area contributed by atoms with E-state index in [4.69, 9.17) is 10.5 Å². The van der Waals surface area contributed by atoms with Crippen molar-refractivity contribution >= 4 is 23.6 Å². The second-order valence-corrected chi connectivity index (χ2v) is 6.80. The molecule has 0 aliphatic rings. The Morgan fingerprint density at radius 3 is 2.52 bits per heavy atom. The van der Waals surface area contributed by atoms with Gasteiger partial charge in [-0.05, 0) is 18.1 Å². The van der Waals surface area contributed by atoms with Gasteiger partial charge in [0.15, 0.2) is 6.61 Å². The zero-order valence-electron chi connectivity index (χ0n) is 16.3. The number of Topliss-reactive ketones (excluding diaryl/α,β-unsaturated/α-hetero) is 1. The maximum absolute atomic E-state index is 13.5. The highest BCUT2D eigenvalue weighted by Crippen LogP contribution is 2.10. The molecule has 0 bridgehead atoms. The highest BCUT2D eigenvalue weighted by molar-refractivity contribution is 6.01. The number of anilines is 1. The Labute approximate surface area is 166 Å². The SMILES string of the molecule is CC(C)Cn1c(N)c(C(=O)COC(=O)/C=C/c2ccccc2F)c(=O)n(C)c1=O. The molecule has 0 saturated carbocycles. The number of nitrogen functional groups attached to an aromatic ring is 1. The molecule has 2 rings (SSSR count). The van der Waals surface area contributed by atoms with Crippen LogP contribution in [0.15, 0.2) is 39.9 Å². The van der Waals surface area contributed by atoms with E-state index < -0.39 is 41.0 Å².